The van der Waals surface area contributed by atoms with Crippen LogP contribution in [0.1, 0.15) is 5.56 Å². The van der Waals surface area contributed by atoms with Gasteiger partial charge in [0.15, 0.2) is 0 Å². The number of carbonyl (C=O) groups excluding carboxylic acids is 2. The van der Waals surface area contributed by atoms with E-state index in [1.165, 1.54) is 4.90 Å². The fourth-order valence-electron chi connectivity index (χ4n) is 1.94. The van der Waals surface area contributed by atoms with Gasteiger partial charge in [-0.3, -0.25) is 9.69 Å². The first kappa shape index (κ1) is 14.2. The molecule has 6 nitrogen and oxygen atoms in total. The highest BCUT2D eigenvalue weighted by Crippen LogP contribution is 2.11. The maximum atomic E-state index is 11.7. The predicted molar refractivity (Wildman–Crippen MR) is 72.6 cm³/mol. The molecule has 108 valence electrons. The molecule has 0 saturated carbocycles. The number of benzene rings is 1. The zero-order valence-electron chi connectivity index (χ0n) is 11.4. The van der Waals surface area contributed by atoms with Crippen LogP contribution in [0.5, 0.6) is 5.75 Å². The van der Waals surface area contributed by atoms with Crippen molar-refractivity contribution in [1.29, 1.82) is 0 Å². The molecule has 0 atom stereocenters. The molecule has 1 heterocycles. The topological polar surface area (TPSA) is 67.9 Å². The van der Waals surface area contributed by atoms with E-state index in [4.69, 9.17) is 9.47 Å². The van der Waals surface area contributed by atoms with Crippen molar-refractivity contribution in [3.05, 3.63) is 29.8 Å². The van der Waals surface area contributed by atoms with E-state index in [1.54, 1.807) is 7.11 Å². The molecule has 2 rings (SSSR count). The molecule has 2 amide bonds. The van der Waals surface area contributed by atoms with Crippen molar-refractivity contribution in [3.63, 3.8) is 0 Å². The van der Waals surface area contributed by atoms with Crippen LogP contribution in [-0.2, 0) is 16.0 Å². The molecule has 6 heteroatoms. The van der Waals surface area contributed by atoms with Crippen molar-refractivity contribution >= 4 is 12.0 Å². The Hall–Kier alpha value is -2.24. The summed E-state index contributed by atoms with van der Waals surface area (Å²) >= 11 is 0. The van der Waals surface area contributed by atoms with Gasteiger partial charge in [-0.05, 0) is 24.1 Å². The summed E-state index contributed by atoms with van der Waals surface area (Å²) in [5, 5.41) is 2.79. The number of hydrogen-bond donors (Lipinski definition) is 1. The number of ether oxygens (including phenoxy) is 2. The zero-order valence-corrected chi connectivity index (χ0v) is 11.4. The van der Waals surface area contributed by atoms with Crippen molar-refractivity contribution in [2.45, 2.75) is 6.42 Å². The smallest absolute Gasteiger partial charge is 0.410 e. The second-order valence-corrected chi connectivity index (χ2v) is 4.48. The summed E-state index contributed by atoms with van der Waals surface area (Å²) in [6, 6.07) is 7.69. The van der Waals surface area contributed by atoms with E-state index in [1.807, 2.05) is 24.3 Å². The van der Waals surface area contributed by atoms with Crippen molar-refractivity contribution in [2.24, 2.45) is 0 Å². The van der Waals surface area contributed by atoms with Crippen molar-refractivity contribution in [1.82, 2.24) is 10.2 Å². The van der Waals surface area contributed by atoms with Gasteiger partial charge in [0.1, 0.15) is 18.9 Å². The number of cyclic esters (lactones) is 1. The van der Waals surface area contributed by atoms with E-state index >= 15 is 0 Å². The largest absolute Gasteiger partial charge is 0.497 e. The number of nitrogens with one attached hydrogen (secondary N) is 1. The Balaban J connectivity index is 1.69. The van der Waals surface area contributed by atoms with E-state index in [0.29, 0.717) is 19.7 Å². The summed E-state index contributed by atoms with van der Waals surface area (Å²) < 4.78 is 9.83. The van der Waals surface area contributed by atoms with Gasteiger partial charge in [0.2, 0.25) is 5.91 Å². The summed E-state index contributed by atoms with van der Waals surface area (Å²) in [6.07, 6.45) is 0.315. The Morgan fingerprint density at radius 3 is 2.75 bits per heavy atom. The summed E-state index contributed by atoms with van der Waals surface area (Å²) in [5.41, 5.74) is 1.12. The van der Waals surface area contributed by atoms with Crippen LogP contribution in [0.4, 0.5) is 4.79 Å². The second kappa shape index (κ2) is 6.79. The van der Waals surface area contributed by atoms with E-state index < -0.39 is 6.09 Å². The lowest BCUT2D eigenvalue weighted by Gasteiger charge is -2.12. The first-order valence-corrected chi connectivity index (χ1v) is 6.50. The predicted octanol–water partition coefficient (Wildman–Crippen LogP) is 0.806. The van der Waals surface area contributed by atoms with E-state index in [-0.39, 0.29) is 12.5 Å². The van der Waals surface area contributed by atoms with Crippen LogP contribution in [0.15, 0.2) is 24.3 Å². The molecule has 20 heavy (non-hydrogen) atoms. The maximum absolute atomic E-state index is 11.7. The Bertz CT molecular complexity index is 473. The second-order valence-electron chi connectivity index (χ2n) is 4.48. The molecule has 1 aromatic rings. The standard InChI is InChI=1S/C14H18N2O4/c1-19-12-4-2-11(3-5-12)6-7-15-13(17)10-16-8-9-20-14(16)18/h2-5H,6-10H2,1H3,(H,15,17). The third kappa shape index (κ3) is 3.88. The lowest BCUT2D eigenvalue weighted by molar-refractivity contribution is -0.121. The van der Waals surface area contributed by atoms with Crippen LogP contribution in [0.2, 0.25) is 0 Å². The fourth-order valence-corrected chi connectivity index (χ4v) is 1.94. The molecule has 0 aliphatic carbocycles. The van der Waals surface area contributed by atoms with Gasteiger partial charge in [-0.15, -0.1) is 0 Å². The molecule has 0 radical (unpaired) electrons. The van der Waals surface area contributed by atoms with Crippen LogP contribution >= 0.6 is 0 Å². The summed E-state index contributed by atoms with van der Waals surface area (Å²) in [5.74, 6) is 0.641. The van der Waals surface area contributed by atoms with Crippen LogP contribution in [0.3, 0.4) is 0 Å². The Morgan fingerprint density at radius 2 is 2.15 bits per heavy atom. The first-order chi connectivity index (χ1) is 9.69. The quantitative estimate of drug-likeness (QED) is 0.836. The number of amides is 2. The normalized spacial score (nSPS) is 14.1. The van der Waals surface area contributed by atoms with Crippen LogP contribution in [0, 0.1) is 0 Å². The Morgan fingerprint density at radius 1 is 1.40 bits per heavy atom. The number of nitrogens with zero attached hydrogens (tertiary/aromatic N) is 1. The molecule has 1 aliphatic rings. The molecule has 0 bridgehead atoms. The molecule has 1 aliphatic heterocycles. The van der Waals surface area contributed by atoms with Gasteiger partial charge in [0.25, 0.3) is 0 Å². The van der Waals surface area contributed by atoms with Crippen LogP contribution in [-0.4, -0.2) is 50.3 Å². The summed E-state index contributed by atoms with van der Waals surface area (Å²) in [6.45, 7) is 1.43. The molecule has 0 spiro atoms. The van der Waals surface area contributed by atoms with Gasteiger partial charge in [0.05, 0.1) is 13.7 Å². The van der Waals surface area contributed by atoms with Crippen molar-refractivity contribution < 1.29 is 19.1 Å². The third-order valence-corrected chi connectivity index (χ3v) is 3.07. The average Bonchev–Trinajstić information content (AvgIpc) is 2.85. The maximum Gasteiger partial charge on any atom is 0.410 e. The lowest BCUT2D eigenvalue weighted by Crippen LogP contribution is -2.38. The number of methoxy groups -OCH3 is 1. The SMILES string of the molecule is COc1ccc(CCNC(=O)CN2CCOC2=O)cc1. The van der Waals surface area contributed by atoms with Crippen LogP contribution in [0.25, 0.3) is 0 Å². The fraction of sp³-hybridized carbons (Fsp3) is 0.429. The van der Waals surface area contributed by atoms with E-state index in [9.17, 15) is 9.59 Å². The van der Waals surface area contributed by atoms with Crippen molar-refractivity contribution in [2.75, 3.05) is 33.4 Å². The first-order valence-electron chi connectivity index (χ1n) is 6.50. The van der Waals surface area contributed by atoms with Gasteiger partial charge in [-0.2, -0.15) is 0 Å². The molecule has 1 saturated heterocycles. The highest BCUT2D eigenvalue weighted by molar-refractivity contribution is 5.82. The van der Waals surface area contributed by atoms with Crippen molar-refractivity contribution in [3.8, 4) is 5.75 Å². The molecular weight excluding hydrogens is 260 g/mol. The third-order valence-electron chi connectivity index (χ3n) is 3.07. The van der Waals surface area contributed by atoms with Gasteiger partial charge in [-0.25, -0.2) is 4.79 Å². The zero-order chi connectivity index (χ0) is 14.4. The minimum absolute atomic E-state index is 0.0570. The summed E-state index contributed by atoms with van der Waals surface area (Å²) in [7, 11) is 1.62. The number of hydrogen-bond acceptors (Lipinski definition) is 4. The number of rotatable bonds is 6. The van der Waals surface area contributed by atoms with E-state index in [2.05, 4.69) is 5.32 Å². The molecule has 1 aromatic carbocycles. The van der Waals surface area contributed by atoms with Crippen LogP contribution < -0.4 is 10.1 Å². The number of carbonyl (C=O) groups is 2. The van der Waals surface area contributed by atoms with Gasteiger partial charge < -0.3 is 14.8 Å². The minimum atomic E-state index is -0.421. The molecule has 1 fully saturated rings. The molecule has 0 aromatic heterocycles. The monoisotopic (exact) mass is 278 g/mol. The highest BCUT2D eigenvalue weighted by Gasteiger charge is 2.23. The average molecular weight is 278 g/mol. The van der Waals surface area contributed by atoms with Gasteiger partial charge >= 0.3 is 6.09 Å². The van der Waals surface area contributed by atoms with E-state index in [0.717, 1.165) is 17.7 Å². The Kier molecular flexibility index (Phi) is 4.81. The summed E-state index contributed by atoms with van der Waals surface area (Å²) in [4.78, 5) is 24.2. The highest BCUT2D eigenvalue weighted by atomic mass is 16.6. The molecular formula is C14H18N2O4. The Labute approximate surface area is 117 Å². The minimum Gasteiger partial charge on any atom is -0.497 e. The van der Waals surface area contributed by atoms with Gasteiger partial charge in [0, 0.05) is 6.54 Å². The molecule has 0 unspecified atom stereocenters. The van der Waals surface area contributed by atoms with Gasteiger partial charge in [-0.1, -0.05) is 12.1 Å². The molecule has 1 N–H and O–H groups in total. The lowest BCUT2D eigenvalue weighted by atomic mass is 10.1.